The first-order valence-electron chi connectivity index (χ1n) is 4.96. The van der Waals surface area contributed by atoms with E-state index in [-0.39, 0.29) is 17.9 Å². The van der Waals surface area contributed by atoms with Crippen LogP contribution in [0.25, 0.3) is 0 Å². The lowest BCUT2D eigenvalue weighted by Crippen LogP contribution is -2.43. The Kier molecular flexibility index (Phi) is 4.50. The zero-order valence-corrected chi connectivity index (χ0v) is 10.9. The highest BCUT2D eigenvalue weighted by Crippen LogP contribution is 2.24. The first-order chi connectivity index (χ1) is 7.85. The van der Waals surface area contributed by atoms with Crippen molar-refractivity contribution in [2.24, 2.45) is 0 Å². The maximum atomic E-state index is 11.6. The van der Waals surface area contributed by atoms with Crippen LogP contribution in [0, 0.1) is 0 Å². The number of aromatic hydroxyl groups is 1. The highest BCUT2D eigenvalue weighted by molar-refractivity contribution is 9.10. The second-order valence-electron chi connectivity index (χ2n) is 4.00. The lowest BCUT2D eigenvalue weighted by atomic mass is 10.1. The molecule has 1 aromatic carbocycles. The minimum absolute atomic E-state index is 0.0356. The van der Waals surface area contributed by atoms with E-state index in [4.69, 9.17) is 5.11 Å². The van der Waals surface area contributed by atoms with Gasteiger partial charge in [-0.05, 0) is 41.1 Å². The summed E-state index contributed by atoms with van der Waals surface area (Å²) in [7, 11) is 0. The molecule has 0 aliphatic carbocycles. The Morgan fingerprint density at radius 2 is 2.18 bits per heavy atom. The molecule has 1 rings (SSSR count). The first kappa shape index (κ1) is 14.0. The molecule has 5 nitrogen and oxygen atoms in total. The SMILES string of the molecule is CC(O)(CO)CNC(=O)c1ccc(Br)c(O)c1. The fraction of sp³-hybridized carbons (Fsp3) is 0.364. The molecular formula is C11H14BrNO4. The first-order valence-corrected chi connectivity index (χ1v) is 5.75. The Balaban J connectivity index is 2.68. The molecule has 1 atom stereocenters. The van der Waals surface area contributed by atoms with E-state index in [1.165, 1.54) is 19.1 Å². The van der Waals surface area contributed by atoms with Crippen LogP contribution in [0.2, 0.25) is 0 Å². The standard InChI is InChI=1S/C11H14BrNO4/c1-11(17,6-14)5-13-10(16)7-2-3-8(12)9(15)4-7/h2-4,14-15,17H,5-6H2,1H3,(H,13,16). The van der Waals surface area contributed by atoms with E-state index in [0.717, 1.165) is 0 Å². The summed E-state index contributed by atoms with van der Waals surface area (Å²) < 4.78 is 0.497. The highest BCUT2D eigenvalue weighted by atomic mass is 79.9. The van der Waals surface area contributed by atoms with Gasteiger partial charge in [-0.1, -0.05) is 0 Å². The molecule has 94 valence electrons. The summed E-state index contributed by atoms with van der Waals surface area (Å²) in [5.74, 6) is -0.465. The van der Waals surface area contributed by atoms with Gasteiger partial charge in [0.15, 0.2) is 0 Å². The van der Waals surface area contributed by atoms with Crippen LogP contribution in [-0.4, -0.2) is 40.0 Å². The fourth-order valence-electron chi connectivity index (χ4n) is 1.08. The van der Waals surface area contributed by atoms with Gasteiger partial charge in [-0.15, -0.1) is 0 Å². The van der Waals surface area contributed by atoms with Gasteiger partial charge in [0.2, 0.25) is 0 Å². The summed E-state index contributed by atoms with van der Waals surface area (Å²) in [6.07, 6.45) is 0. The van der Waals surface area contributed by atoms with E-state index in [1.807, 2.05) is 0 Å². The molecule has 17 heavy (non-hydrogen) atoms. The number of nitrogens with one attached hydrogen (secondary N) is 1. The number of rotatable bonds is 4. The summed E-state index contributed by atoms with van der Waals surface area (Å²) in [4.78, 5) is 11.6. The molecule has 0 saturated carbocycles. The van der Waals surface area contributed by atoms with Gasteiger partial charge < -0.3 is 20.6 Å². The summed E-state index contributed by atoms with van der Waals surface area (Å²) in [6, 6.07) is 4.40. The van der Waals surface area contributed by atoms with E-state index >= 15 is 0 Å². The molecule has 0 aliphatic heterocycles. The number of benzene rings is 1. The molecule has 0 spiro atoms. The number of hydrogen-bond donors (Lipinski definition) is 4. The number of halogens is 1. The van der Waals surface area contributed by atoms with E-state index in [9.17, 15) is 15.0 Å². The Labute approximate surface area is 107 Å². The minimum Gasteiger partial charge on any atom is -0.507 e. The van der Waals surface area contributed by atoms with Gasteiger partial charge in [-0.25, -0.2) is 0 Å². The Morgan fingerprint density at radius 3 is 2.71 bits per heavy atom. The topological polar surface area (TPSA) is 89.8 Å². The quantitative estimate of drug-likeness (QED) is 0.657. The van der Waals surface area contributed by atoms with Gasteiger partial charge in [-0.3, -0.25) is 4.79 Å². The van der Waals surface area contributed by atoms with Crippen LogP contribution in [0.15, 0.2) is 22.7 Å². The van der Waals surface area contributed by atoms with Crippen LogP contribution < -0.4 is 5.32 Å². The van der Waals surface area contributed by atoms with Crippen LogP contribution in [0.5, 0.6) is 5.75 Å². The van der Waals surface area contributed by atoms with Gasteiger partial charge in [0.1, 0.15) is 11.4 Å². The maximum absolute atomic E-state index is 11.6. The van der Waals surface area contributed by atoms with E-state index in [1.54, 1.807) is 6.07 Å². The third-order valence-corrected chi connectivity index (χ3v) is 2.85. The average Bonchev–Trinajstić information content (AvgIpc) is 2.30. The normalized spacial score (nSPS) is 14.1. The van der Waals surface area contributed by atoms with Gasteiger partial charge in [0.05, 0.1) is 11.1 Å². The largest absolute Gasteiger partial charge is 0.507 e. The van der Waals surface area contributed by atoms with Gasteiger partial charge in [-0.2, -0.15) is 0 Å². The van der Waals surface area contributed by atoms with Crippen LogP contribution >= 0.6 is 15.9 Å². The number of amides is 1. The van der Waals surface area contributed by atoms with Crippen LogP contribution in [0.4, 0.5) is 0 Å². The van der Waals surface area contributed by atoms with Crippen molar-refractivity contribution in [3.8, 4) is 5.75 Å². The molecule has 1 aromatic rings. The second-order valence-corrected chi connectivity index (χ2v) is 4.86. The van der Waals surface area contributed by atoms with Crippen molar-refractivity contribution in [3.05, 3.63) is 28.2 Å². The molecular weight excluding hydrogens is 290 g/mol. The monoisotopic (exact) mass is 303 g/mol. The van der Waals surface area contributed by atoms with Crippen molar-refractivity contribution in [1.82, 2.24) is 5.32 Å². The van der Waals surface area contributed by atoms with Gasteiger partial charge in [0, 0.05) is 12.1 Å². The third-order valence-electron chi connectivity index (χ3n) is 2.18. The van der Waals surface area contributed by atoms with Gasteiger partial charge >= 0.3 is 0 Å². The van der Waals surface area contributed by atoms with E-state index in [2.05, 4.69) is 21.2 Å². The van der Waals surface area contributed by atoms with Crippen molar-refractivity contribution in [3.63, 3.8) is 0 Å². The number of aliphatic hydroxyl groups is 2. The number of hydrogen-bond acceptors (Lipinski definition) is 4. The number of phenolic OH excluding ortho intramolecular Hbond substituents is 1. The third kappa shape index (κ3) is 3.99. The number of phenols is 1. The lowest BCUT2D eigenvalue weighted by molar-refractivity contribution is 0.00320. The van der Waals surface area contributed by atoms with Crippen molar-refractivity contribution in [2.45, 2.75) is 12.5 Å². The molecule has 6 heteroatoms. The molecule has 1 unspecified atom stereocenters. The predicted octanol–water partition coefficient (Wildman–Crippen LogP) is 0.628. The lowest BCUT2D eigenvalue weighted by Gasteiger charge is -2.20. The fourth-order valence-corrected chi connectivity index (χ4v) is 1.33. The molecule has 4 N–H and O–H groups in total. The number of carbonyl (C=O) groups is 1. The average molecular weight is 304 g/mol. The minimum atomic E-state index is -1.35. The number of aliphatic hydroxyl groups excluding tert-OH is 1. The van der Waals surface area contributed by atoms with Crippen molar-refractivity contribution in [1.29, 1.82) is 0 Å². The highest BCUT2D eigenvalue weighted by Gasteiger charge is 2.20. The van der Waals surface area contributed by atoms with Crippen LogP contribution in [0.3, 0.4) is 0 Å². The summed E-state index contributed by atoms with van der Waals surface area (Å²) in [5, 5.41) is 30.2. The Morgan fingerprint density at radius 1 is 1.53 bits per heavy atom. The molecule has 0 radical (unpaired) electrons. The summed E-state index contributed by atoms with van der Waals surface area (Å²) >= 11 is 3.11. The molecule has 1 amide bonds. The van der Waals surface area contributed by atoms with Crippen molar-refractivity contribution in [2.75, 3.05) is 13.2 Å². The zero-order chi connectivity index (χ0) is 13.1. The molecule has 0 heterocycles. The smallest absolute Gasteiger partial charge is 0.251 e. The maximum Gasteiger partial charge on any atom is 0.251 e. The van der Waals surface area contributed by atoms with Crippen molar-refractivity contribution < 1.29 is 20.1 Å². The second kappa shape index (κ2) is 5.48. The summed E-state index contributed by atoms with van der Waals surface area (Å²) in [5.41, 5.74) is -1.08. The summed E-state index contributed by atoms with van der Waals surface area (Å²) in [6.45, 7) is 0.893. The van der Waals surface area contributed by atoms with E-state index in [0.29, 0.717) is 4.47 Å². The zero-order valence-electron chi connectivity index (χ0n) is 9.27. The Bertz CT molecular complexity index is 420. The predicted molar refractivity (Wildman–Crippen MR) is 65.8 cm³/mol. The van der Waals surface area contributed by atoms with E-state index < -0.39 is 18.1 Å². The molecule has 0 fully saturated rings. The molecule has 0 bridgehead atoms. The van der Waals surface area contributed by atoms with Crippen LogP contribution in [-0.2, 0) is 0 Å². The molecule has 0 saturated heterocycles. The molecule has 0 aliphatic rings. The number of carbonyl (C=O) groups excluding carboxylic acids is 1. The van der Waals surface area contributed by atoms with Crippen LogP contribution in [0.1, 0.15) is 17.3 Å². The Hall–Kier alpha value is -1.11. The van der Waals surface area contributed by atoms with Crippen molar-refractivity contribution >= 4 is 21.8 Å². The van der Waals surface area contributed by atoms with Gasteiger partial charge in [0.25, 0.3) is 5.91 Å². The molecule has 0 aromatic heterocycles.